The van der Waals surface area contributed by atoms with Gasteiger partial charge in [0.05, 0.1) is 52.7 Å². The Labute approximate surface area is 245 Å². The molecule has 1 amide bonds. The van der Waals surface area contributed by atoms with Crippen LogP contribution in [0.25, 0.3) is 55.4 Å². The number of H-pyrrole nitrogens is 1. The Kier molecular flexibility index (Phi) is 3.75. The highest BCUT2D eigenvalue weighted by atomic mass is 19.1. The van der Waals surface area contributed by atoms with Gasteiger partial charge in [0, 0.05) is 62.5 Å². The number of halogens is 1. The van der Waals surface area contributed by atoms with Crippen LogP contribution in [0.3, 0.4) is 0 Å². The summed E-state index contributed by atoms with van der Waals surface area (Å²) in [5, 5.41) is 10.9. The average molecular weight is 567 g/mol. The van der Waals surface area contributed by atoms with Gasteiger partial charge in [-0.15, -0.1) is 5.10 Å². The van der Waals surface area contributed by atoms with Gasteiger partial charge in [0.1, 0.15) is 5.65 Å². The van der Waals surface area contributed by atoms with E-state index in [-0.39, 0.29) is 56.9 Å². The Hall–Kier alpha value is -4.94. The number of pyridine rings is 1. The van der Waals surface area contributed by atoms with Crippen molar-refractivity contribution in [1.82, 2.24) is 44.0 Å². The van der Waals surface area contributed by atoms with E-state index >= 15 is 4.39 Å². The van der Waals surface area contributed by atoms with Crippen LogP contribution in [0.2, 0.25) is 0 Å². The molecule has 6 aromatic rings. The van der Waals surface area contributed by atoms with E-state index in [1.54, 1.807) is 12.1 Å². The number of aromatic nitrogens is 8. The maximum atomic E-state index is 15.6. The van der Waals surface area contributed by atoms with E-state index in [1.165, 1.54) is 30.1 Å². The predicted molar refractivity (Wildman–Crippen MR) is 151 cm³/mol. The summed E-state index contributed by atoms with van der Waals surface area (Å²) < 4.78 is 95.2. The minimum absolute atomic E-state index is 0.0212. The summed E-state index contributed by atoms with van der Waals surface area (Å²) in [5.41, 5.74) is -0.0437. The normalized spacial score (nSPS) is 21.5. The van der Waals surface area contributed by atoms with Gasteiger partial charge >= 0.3 is 11.8 Å². The number of amides is 1. The van der Waals surface area contributed by atoms with Crippen molar-refractivity contribution in [1.29, 1.82) is 0 Å². The van der Waals surface area contributed by atoms with Crippen LogP contribution in [0.4, 0.5) is 9.18 Å². The molecule has 5 heterocycles. The number of rotatable bonds is 4. The van der Waals surface area contributed by atoms with Crippen LogP contribution in [-0.4, -0.2) is 57.9 Å². The first kappa shape index (κ1) is 17.0. The molecule has 0 spiro atoms. The van der Waals surface area contributed by atoms with Crippen molar-refractivity contribution in [3.8, 4) is 22.4 Å². The number of methoxy groups -OCH3 is 1. The molecule has 0 saturated heterocycles. The number of benzene rings is 1. The van der Waals surface area contributed by atoms with Gasteiger partial charge in [-0.25, -0.2) is 14.6 Å². The van der Waals surface area contributed by atoms with Crippen LogP contribution >= 0.6 is 0 Å². The monoisotopic (exact) mass is 566 g/mol. The number of aryl methyl sites for hydroxylation is 3. The predicted octanol–water partition coefficient (Wildman–Crippen LogP) is 3.76. The van der Waals surface area contributed by atoms with E-state index in [4.69, 9.17) is 17.1 Å². The Balaban J connectivity index is 1.57. The molecule has 0 aliphatic heterocycles. The molecule has 1 saturated carbocycles. The minimum Gasteiger partial charge on any atom is -0.453 e. The van der Waals surface area contributed by atoms with Crippen molar-refractivity contribution in [2.45, 2.75) is 31.3 Å². The van der Waals surface area contributed by atoms with Gasteiger partial charge < -0.3 is 15.0 Å². The molecule has 7 rings (SSSR count). The molecule has 41 heavy (non-hydrogen) atoms. The van der Waals surface area contributed by atoms with E-state index in [1.807, 2.05) is 0 Å². The fourth-order valence-corrected chi connectivity index (χ4v) is 5.93. The first-order valence-electron chi connectivity index (χ1n) is 17.2. The number of carbonyl (C=O) groups is 1. The van der Waals surface area contributed by atoms with Crippen molar-refractivity contribution >= 4 is 39.1 Å². The average Bonchev–Trinajstić information content (AvgIpc) is 3.83. The maximum absolute atomic E-state index is 15.6. The number of alkyl carbamates (subject to hydrolysis) is 1. The molecule has 1 aromatic carbocycles. The molecule has 0 unspecified atom stereocenters. The Morgan fingerprint density at radius 1 is 1.22 bits per heavy atom. The zero-order valence-electron chi connectivity index (χ0n) is 30.5. The van der Waals surface area contributed by atoms with Gasteiger partial charge in [-0.1, -0.05) is 6.07 Å². The molecule has 0 bridgehead atoms. The van der Waals surface area contributed by atoms with Crippen LogP contribution in [-0.2, 0) is 25.7 Å². The molecular formula is C28H28FN9O3. The summed E-state index contributed by atoms with van der Waals surface area (Å²) in [7, 11) is 1.22. The largest absolute Gasteiger partial charge is 0.453 e. The van der Waals surface area contributed by atoms with Crippen molar-refractivity contribution in [3.63, 3.8) is 0 Å². The molecule has 2 atom stereocenters. The summed E-state index contributed by atoms with van der Waals surface area (Å²) in [5.74, 6) is -1.13. The zero-order valence-corrected chi connectivity index (χ0v) is 21.5. The molecule has 210 valence electrons. The molecule has 5 aromatic heterocycles. The van der Waals surface area contributed by atoms with Crippen LogP contribution in [0.15, 0.2) is 41.6 Å². The first-order chi connectivity index (χ1) is 23.4. The second kappa shape index (κ2) is 9.04. The number of carbonyl (C=O) groups excluding carboxylic acids is 1. The van der Waals surface area contributed by atoms with Crippen LogP contribution in [0, 0.1) is 5.95 Å². The quantitative estimate of drug-likeness (QED) is 0.334. The Morgan fingerprint density at radius 3 is 2.90 bits per heavy atom. The number of aromatic amines is 1. The number of ether oxygens (including phenoxy) is 1. The van der Waals surface area contributed by atoms with Crippen molar-refractivity contribution in [3.05, 3.63) is 53.2 Å². The number of nitrogens with one attached hydrogen (secondary N) is 2. The number of nitrogens with zero attached hydrogens (tertiary/aromatic N) is 7. The van der Waals surface area contributed by atoms with Gasteiger partial charge in [-0.05, 0) is 37.0 Å². The highest BCUT2D eigenvalue weighted by Gasteiger charge is 2.32. The first-order valence-corrected chi connectivity index (χ1v) is 12.7. The summed E-state index contributed by atoms with van der Waals surface area (Å²) in [6.07, 6.45) is 3.99. The van der Waals surface area contributed by atoms with Crippen molar-refractivity contribution in [2.75, 3.05) is 7.11 Å². The second-order valence-corrected chi connectivity index (χ2v) is 9.99. The van der Waals surface area contributed by atoms with Gasteiger partial charge in [-0.3, -0.25) is 18.5 Å². The highest BCUT2D eigenvalue weighted by Crippen LogP contribution is 2.43. The number of fused-ring (bicyclic) bond motifs is 4. The summed E-state index contributed by atoms with van der Waals surface area (Å²) >= 11 is 0. The Morgan fingerprint density at radius 2 is 2.12 bits per heavy atom. The molecule has 13 heteroatoms. The number of hydrogen-bond donors (Lipinski definition) is 2. The zero-order chi connectivity index (χ0) is 36.1. The molecular weight excluding hydrogens is 529 g/mol. The molecule has 0 radical (unpaired) electrons. The van der Waals surface area contributed by atoms with E-state index < -0.39 is 44.7 Å². The lowest BCUT2D eigenvalue weighted by Gasteiger charge is -2.15. The third-order valence-electron chi connectivity index (χ3n) is 7.73. The summed E-state index contributed by atoms with van der Waals surface area (Å²) in [4.78, 5) is 33.6. The molecule has 1 aliphatic carbocycles. The Bertz CT molecular complexity index is 2380. The SMILES string of the molecule is [2H]C([2H])([2H])n1cc(-c2[nH]c3ncc4c(c3c2-c2ccc3c(cnn3C([2H])([2H])[2H])c2)n([C@@H]2CC[C@@H](NC(=O)OC)C2)c(=O)n4C([2H])([2H])[2H])c(F)n1. The number of hydrogen-bond acceptors (Lipinski definition) is 6. The van der Waals surface area contributed by atoms with Crippen molar-refractivity contribution < 1.29 is 26.3 Å². The second-order valence-electron chi connectivity index (χ2n) is 9.99. The third-order valence-corrected chi connectivity index (χ3v) is 7.73. The topological polar surface area (TPSA) is 130 Å². The molecule has 1 fully saturated rings. The fourth-order valence-electron chi connectivity index (χ4n) is 5.93. The van der Waals surface area contributed by atoms with Crippen LogP contribution in [0.5, 0.6) is 0 Å². The van der Waals surface area contributed by atoms with E-state index in [2.05, 4.69) is 25.5 Å². The summed E-state index contributed by atoms with van der Waals surface area (Å²) in [6.45, 7) is -8.35. The van der Waals surface area contributed by atoms with E-state index in [0.29, 0.717) is 33.0 Å². The summed E-state index contributed by atoms with van der Waals surface area (Å²) in [6, 6.07) is 3.67. The standard InChI is InChI=1S/C28H28FN9O3/c1-35-13-18(25(29)34-35)23-21(14-5-8-19-15(9-14)11-31-37(19)3)22-24-20(12-30-26(22)33-23)36(2)28(40)38(24)17-7-6-16(10-17)32-27(39)41-4/h5,8-9,11-13,16-17H,6-7,10H2,1-4H3,(H,30,33)(H,32,39)/t16-,17-/m1/s1/i1D3,2D3,3D3. The number of imidazole rings is 1. The van der Waals surface area contributed by atoms with E-state index in [0.717, 1.165) is 10.9 Å². The molecule has 12 nitrogen and oxygen atoms in total. The third kappa shape index (κ3) is 3.75. The van der Waals surface area contributed by atoms with Crippen LogP contribution in [0.1, 0.15) is 37.6 Å². The van der Waals surface area contributed by atoms with E-state index in [9.17, 15) is 9.59 Å². The van der Waals surface area contributed by atoms with Gasteiger partial charge in [0.15, 0.2) is 0 Å². The van der Waals surface area contributed by atoms with Gasteiger partial charge in [-0.2, -0.15) is 9.49 Å². The maximum Gasteiger partial charge on any atom is 0.407 e. The molecule has 2 N–H and O–H groups in total. The van der Waals surface area contributed by atoms with Crippen molar-refractivity contribution in [2.24, 2.45) is 20.9 Å². The van der Waals surface area contributed by atoms with Crippen LogP contribution < -0.4 is 11.0 Å². The van der Waals surface area contributed by atoms with Gasteiger partial charge in [0.2, 0.25) is 5.95 Å². The highest BCUT2D eigenvalue weighted by molar-refractivity contribution is 6.14. The lowest BCUT2D eigenvalue weighted by molar-refractivity contribution is 0.166. The minimum atomic E-state index is -2.94. The molecule has 1 aliphatic rings. The lowest BCUT2D eigenvalue weighted by atomic mass is 9.98. The fraction of sp³-hybridized carbons (Fsp3) is 0.321. The van der Waals surface area contributed by atoms with Gasteiger partial charge in [0.25, 0.3) is 0 Å². The smallest absolute Gasteiger partial charge is 0.407 e. The lowest BCUT2D eigenvalue weighted by Crippen LogP contribution is -2.33.